The van der Waals surface area contributed by atoms with E-state index in [0.717, 1.165) is 17.7 Å². The summed E-state index contributed by atoms with van der Waals surface area (Å²) in [5.41, 5.74) is 2.15. The summed E-state index contributed by atoms with van der Waals surface area (Å²) < 4.78 is 6.06. The van der Waals surface area contributed by atoms with Gasteiger partial charge in [-0.25, -0.2) is 0 Å². The Balaban J connectivity index is 2.20. The smallest absolute Gasteiger partial charge is 0.131 e. The van der Waals surface area contributed by atoms with Crippen molar-refractivity contribution in [2.24, 2.45) is 0 Å². The molecular weight excluding hydrogens is 208 g/mol. The fourth-order valence-electron chi connectivity index (χ4n) is 2.45. The molecule has 1 aliphatic heterocycles. The van der Waals surface area contributed by atoms with Gasteiger partial charge < -0.3 is 4.74 Å². The third-order valence-corrected chi connectivity index (χ3v) is 3.75. The van der Waals surface area contributed by atoms with E-state index in [0.29, 0.717) is 0 Å². The summed E-state index contributed by atoms with van der Waals surface area (Å²) in [6.45, 7) is 8.20. The first kappa shape index (κ1) is 10.4. The van der Waals surface area contributed by atoms with Crippen LogP contribution in [-0.2, 0) is 6.42 Å². The predicted molar refractivity (Wildman–Crippen MR) is 71.5 cm³/mol. The van der Waals surface area contributed by atoms with Crippen molar-refractivity contribution in [2.75, 3.05) is 0 Å². The van der Waals surface area contributed by atoms with Gasteiger partial charge in [0.2, 0.25) is 0 Å². The summed E-state index contributed by atoms with van der Waals surface area (Å²) in [7, 11) is 0. The quantitative estimate of drug-likeness (QED) is 0.662. The molecule has 0 aromatic heterocycles. The number of benzene rings is 2. The van der Waals surface area contributed by atoms with Gasteiger partial charge in [0, 0.05) is 12.0 Å². The van der Waals surface area contributed by atoms with E-state index in [4.69, 9.17) is 4.74 Å². The molecule has 0 fully saturated rings. The van der Waals surface area contributed by atoms with Crippen LogP contribution in [0.25, 0.3) is 10.8 Å². The summed E-state index contributed by atoms with van der Waals surface area (Å²) in [5, 5.41) is 2.58. The highest BCUT2D eigenvalue weighted by molar-refractivity contribution is 5.88. The Bertz CT molecular complexity index is 612. The Morgan fingerprint density at radius 1 is 1.24 bits per heavy atom. The second-order valence-electron chi connectivity index (χ2n) is 5.05. The molecule has 17 heavy (non-hydrogen) atoms. The topological polar surface area (TPSA) is 9.23 Å². The maximum atomic E-state index is 6.06. The third kappa shape index (κ3) is 1.46. The predicted octanol–water partition coefficient (Wildman–Crippen LogP) is 4.11. The van der Waals surface area contributed by atoms with Crippen LogP contribution >= 0.6 is 0 Å². The van der Waals surface area contributed by atoms with Gasteiger partial charge in [0.15, 0.2) is 0 Å². The molecule has 0 aliphatic carbocycles. The maximum Gasteiger partial charge on any atom is 0.131 e. The van der Waals surface area contributed by atoms with E-state index in [9.17, 15) is 0 Å². The molecule has 0 amide bonds. The van der Waals surface area contributed by atoms with Gasteiger partial charge in [-0.1, -0.05) is 36.9 Å². The Kier molecular flexibility index (Phi) is 2.06. The van der Waals surface area contributed by atoms with E-state index < -0.39 is 0 Å². The Hall–Kier alpha value is -1.76. The van der Waals surface area contributed by atoms with E-state index in [2.05, 4.69) is 49.9 Å². The molecule has 0 bridgehead atoms. The number of hydrogen-bond donors (Lipinski definition) is 0. The molecule has 0 N–H and O–H groups in total. The van der Waals surface area contributed by atoms with Gasteiger partial charge in [0.1, 0.15) is 11.4 Å². The lowest BCUT2D eigenvalue weighted by Gasteiger charge is -2.24. The summed E-state index contributed by atoms with van der Waals surface area (Å²) >= 11 is 0. The van der Waals surface area contributed by atoms with Crippen molar-refractivity contribution in [2.45, 2.75) is 25.9 Å². The first-order valence-corrected chi connectivity index (χ1v) is 5.96. The van der Waals surface area contributed by atoms with Gasteiger partial charge in [-0.05, 0) is 36.3 Å². The molecule has 0 saturated carbocycles. The molecule has 1 nitrogen and oxygen atoms in total. The molecule has 0 radical (unpaired) electrons. The summed E-state index contributed by atoms with van der Waals surface area (Å²) in [6.07, 6.45) is 0.916. The fourth-order valence-corrected chi connectivity index (χ4v) is 2.45. The van der Waals surface area contributed by atoms with Crippen LogP contribution in [0.5, 0.6) is 5.75 Å². The molecule has 2 aromatic carbocycles. The van der Waals surface area contributed by atoms with Gasteiger partial charge in [0.05, 0.1) is 0 Å². The van der Waals surface area contributed by atoms with Crippen LogP contribution in [0.2, 0.25) is 0 Å². The monoisotopic (exact) mass is 224 g/mol. The van der Waals surface area contributed by atoms with Gasteiger partial charge in [0.25, 0.3) is 0 Å². The molecule has 1 aliphatic rings. The van der Waals surface area contributed by atoms with Crippen LogP contribution in [0, 0.1) is 0 Å². The standard InChI is InChI=1S/C16H16O/c1-11(2)16(3)10-14-13-7-5-4-6-12(13)8-9-15(14)17-16/h4-9H,1,10H2,2-3H3. The zero-order valence-corrected chi connectivity index (χ0v) is 10.3. The van der Waals surface area contributed by atoms with E-state index in [1.807, 2.05) is 6.92 Å². The van der Waals surface area contributed by atoms with Gasteiger partial charge in [-0.15, -0.1) is 0 Å². The minimum atomic E-state index is -0.244. The molecule has 1 atom stereocenters. The van der Waals surface area contributed by atoms with Crippen LogP contribution in [0.1, 0.15) is 19.4 Å². The second-order valence-corrected chi connectivity index (χ2v) is 5.05. The van der Waals surface area contributed by atoms with Crippen molar-refractivity contribution in [3.8, 4) is 5.75 Å². The summed E-state index contributed by atoms with van der Waals surface area (Å²) in [5.74, 6) is 1.01. The molecule has 86 valence electrons. The second kappa shape index (κ2) is 3.36. The molecule has 3 rings (SSSR count). The molecule has 0 spiro atoms. The number of fused-ring (bicyclic) bond motifs is 3. The molecule has 1 heteroatoms. The lowest BCUT2D eigenvalue weighted by Crippen LogP contribution is -2.30. The first-order chi connectivity index (χ1) is 8.10. The van der Waals surface area contributed by atoms with Crippen molar-refractivity contribution in [3.05, 3.63) is 54.1 Å². The fraction of sp³-hybridized carbons (Fsp3) is 0.250. The van der Waals surface area contributed by atoms with Crippen LogP contribution in [0.3, 0.4) is 0 Å². The largest absolute Gasteiger partial charge is 0.483 e. The zero-order chi connectivity index (χ0) is 12.0. The number of hydrogen-bond acceptors (Lipinski definition) is 1. The van der Waals surface area contributed by atoms with Crippen molar-refractivity contribution in [1.29, 1.82) is 0 Å². The highest BCUT2D eigenvalue weighted by Crippen LogP contribution is 2.41. The van der Waals surface area contributed by atoms with Crippen molar-refractivity contribution >= 4 is 10.8 Å². The van der Waals surface area contributed by atoms with Gasteiger partial charge in [-0.2, -0.15) is 0 Å². The van der Waals surface area contributed by atoms with Crippen LogP contribution < -0.4 is 4.74 Å². The molecule has 2 aromatic rings. The Morgan fingerprint density at radius 3 is 2.76 bits per heavy atom. The minimum absolute atomic E-state index is 0.244. The summed E-state index contributed by atoms with van der Waals surface area (Å²) in [6, 6.07) is 12.7. The number of rotatable bonds is 1. The van der Waals surface area contributed by atoms with Crippen LogP contribution in [0.4, 0.5) is 0 Å². The third-order valence-electron chi connectivity index (χ3n) is 3.75. The average molecular weight is 224 g/mol. The van der Waals surface area contributed by atoms with Gasteiger partial charge in [-0.3, -0.25) is 0 Å². The Morgan fingerprint density at radius 2 is 2.00 bits per heavy atom. The van der Waals surface area contributed by atoms with Crippen molar-refractivity contribution in [3.63, 3.8) is 0 Å². The van der Waals surface area contributed by atoms with Crippen LogP contribution in [-0.4, -0.2) is 5.60 Å². The first-order valence-electron chi connectivity index (χ1n) is 5.96. The van der Waals surface area contributed by atoms with E-state index in [1.54, 1.807) is 0 Å². The van der Waals surface area contributed by atoms with Crippen molar-refractivity contribution in [1.82, 2.24) is 0 Å². The highest BCUT2D eigenvalue weighted by atomic mass is 16.5. The number of ether oxygens (including phenoxy) is 1. The molecular formula is C16H16O. The average Bonchev–Trinajstić information content (AvgIpc) is 2.67. The highest BCUT2D eigenvalue weighted by Gasteiger charge is 2.36. The SMILES string of the molecule is C=C(C)C1(C)Cc2c(ccc3ccccc23)O1. The maximum absolute atomic E-state index is 6.06. The van der Waals surface area contributed by atoms with E-state index in [1.165, 1.54) is 16.3 Å². The van der Waals surface area contributed by atoms with E-state index in [-0.39, 0.29) is 5.60 Å². The van der Waals surface area contributed by atoms with E-state index >= 15 is 0 Å². The summed E-state index contributed by atoms with van der Waals surface area (Å²) in [4.78, 5) is 0. The zero-order valence-electron chi connectivity index (χ0n) is 10.3. The van der Waals surface area contributed by atoms with Crippen molar-refractivity contribution < 1.29 is 4.74 Å². The van der Waals surface area contributed by atoms with Crippen LogP contribution in [0.15, 0.2) is 48.6 Å². The molecule has 1 unspecified atom stereocenters. The lowest BCUT2D eigenvalue weighted by atomic mass is 9.91. The lowest BCUT2D eigenvalue weighted by molar-refractivity contribution is 0.157. The molecule has 1 heterocycles. The normalized spacial score (nSPS) is 22.2. The minimum Gasteiger partial charge on any atom is -0.483 e. The molecule has 0 saturated heterocycles. The van der Waals surface area contributed by atoms with Gasteiger partial charge >= 0.3 is 0 Å². The Labute approximate surface area is 102 Å².